The average Bonchev–Trinajstić information content (AvgIpc) is 3.39. The topological polar surface area (TPSA) is 98.1 Å². The molecular formula is C20H22N8. The van der Waals surface area contributed by atoms with Gasteiger partial charge in [-0.2, -0.15) is 5.10 Å². The number of aromatic amines is 1. The van der Waals surface area contributed by atoms with E-state index < -0.39 is 0 Å². The third-order valence-electron chi connectivity index (χ3n) is 4.60. The van der Waals surface area contributed by atoms with Crippen molar-refractivity contribution in [2.45, 2.75) is 39.7 Å². The van der Waals surface area contributed by atoms with Crippen LogP contribution < -0.4 is 0 Å². The molecule has 8 heteroatoms. The van der Waals surface area contributed by atoms with Crippen LogP contribution in [-0.4, -0.2) is 40.4 Å². The van der Waals surface area contributed by atoms with Crippen LogP contribution in [0.3, 0.4) is 0 Å². The summed E-state index contributed by atoms with van der Waals surface area (Å²) in [5.41, 5.74) is 4.17. The number of benzene rings is 1. The molecule has 28 heavy (non-hydrogen) atoms. The van der Waals surface area contributed by atoms with Crippen LogP contribution in [0.5, 0.6) is 0 Å². The first-order chi connectivity index (χ1) is 13.8. The summed E-state index contributed by atoms with van der Waals surface area (Å²) in [6.45, 7) is 4.97. The summed E-state index contributed by atoms with van der Waals surface area (Å²) >= 11 is 0. The Kier molecular flexibility index (Phi) is 5.18. The second kappa shape index (κ2) is 8.08. The molecule has 8 nitrogen and oxygen atoms in total. The standard InChI is InChI=1S/C20H22N8/c1-3-5-19-22-18(4-2)25-28(19)13-14-6-8-15(9-7-14)16-10-11-21-12-17(16)20-23-26-27-24-20/h6-12H,3-5,13H2,1-2H3,(H,23,24,26,27). The first-order valence-electron chi connectivity index (χ1n) is 9.48. The summed E-state index contributed by atoms with van der Waals surface area (Å²) in [4.78, 5) is 8.85. The average molecular weight is 374 g/mol. The van der Waals surface area contributed by atoms with Gasteiger partial charge < -0.3 is 0 Å². The summed E-state index contributed by atoms with van der Waals surface area (Å²) in [7, 11) is 0. The van der Waals surface area contributed by atoms with E-state index in [0.717, 1.165) is 54.1 Å². The minimum absolute atomic E-state index is 0.603. The molecule has 1 aromatic carbocycles. The molecule has 1 N–H and O–H groups in total. The summed E-state index contributed by atoms with van der Waals surface area (Å²) in [5.74, 6) is 2.56. The Hall–Kier alpha value is -3.42. The van der Waals surface area contributed by atoms with Crippen molar-refractivity contribution >= 4 is 0 Å². The molecule has 3 aromatic heterocycles. The third kappa shape index (κ3) is 3.66. The van der Waals surface area contributed by atoms with Crippen LogP contribution in [0, 0.1) is 0 Å². The first-order valence-corrected chi connectivity index (χ1v) is 9.48. The maximum atomic E-state index is 4.64. The molecule has 0 radical (unpaired) electrons. The first kappa shape index (κ1) is 18.0. The van der Waals surface area contributed by atoms with Gasteiger partial charge in [0.1, 0.15) is 5.82 Å². The van der Waals surface area contributed by atoms with Crippen LogP contribution >= 0.6 is 0 Å². The van der Waals surface area contributed by atoms with Gasteiger partial charge in [-0.3, -0.25) is 4.98 Å². The molecular weight excluding hydrogens is 352 g/mol. The number of pyridine rings is 1. The zero-order valence-electron chi connectivity index (χ0n) is 16.0. The zero-order chi connectivity index (χ0) is 19.3. The molecule has 0 aliphatic heterocycles. The Balaban J connectivity index is 1.60. The van der Waals surface area contributed by atoms with Crippen LogP contribution in [0.25, 0.3) is 22.5 Å². The Morgan fingerprint density at radius 1 is 1.04 bits per heavy atom. The number of nitrogens with zero attached hydrogens (tertiary/aromatic N) is 7. The second-order valence-corrected chi connectivity index (χ2v) is 6.57. The van der Waals surface area contributed by atoms with Crippen LogP contribution in [0.4, 0.5) is 0 Å². The van der Waals surface area contributed by atoms with Crippen molar-refractivity contribution in [3.63, 3.8) is 0 Å². The lowest BCUT2D eigenvalue weighted by Gasteiger charge is -2.09. The van der Waals surface area contributed by atoms with Gasteiger partial charge in [-0.15, -0.1) is 5.10 Å². The third-order valence-corrected chi connectivity index (χ3v) is 4.60. The van der Waals surface area contributed by atoms with Crippen molar-refractivity contribution < 1.29 is 0 Å². The van der Waals surface area contributed by atoms with Gasteiger partial charge in [-0.1, -0.05) is 38.1 Å². The van der Waals surface area contributed by atoms with Crippen molar-refractivity contribution in [1.82, 2.24) is 40.4 Å². The van der Waals surface area contributed by atoms with E-state index in [-0.39, 0.29) is 0 Å². The van der Waals surface area contributed by atoms with E-state index in [9.17, 15) is 0 Å². The Morgan fingerprint density at radius 2 is 1.89 bits per heavy atom. The maximum Gasteiger partial charge on any atom is 0.181 e. The molecule has 0 fully saturated rings. The Morgan fingerprint density at radius 3 is 2.61 bits per heavy atom. The molecule has 4 aromatic rings. The Labute approximate surface area is 163 Å². The van der Waals surface area contributed by atoms with Crippen molar-refractivity contribution in [3.8, 4) is 22.5 Å². The maximum absolute atomic E-state index is 4.64. The highest BCUT2D eigenvalue weighted by Crippen LogP contribution is 2.29. The number of hydrogen-bond acceptors (Lipinski definition) is 6. The van der Waals surface area contributed by atoms with Gasteiger partial charge in [0, 0.05) is 30.8 Å². The predicted molar refractivity (Wildman–Crippen MR) is 105 cm³/mol. The fourth-order valence-corrected chi connectivity index (χ4v) is 3.18. The van der Waals surface area contributed by atoms with E-state index in [2.05, 4.69) is 73.8 Å². The molecule has 142 valence electrons. The number of aryl methyl sites for hydroxylation is 2. The monoisotopic (exact) mass is 374 g/mol. The van der Waals surface area contributed by atoms with Crippen molar-refractivity contribution in [3.05, 3.63) is 59.9 Å². The van der Waals surface area contributed by atoms with Gasteiger partial charge in [-0.25, -0.2) is 14.8 Å². The molecule has 0 saturated carbocycles. The highest BCUT2D eigenvalue weighted by molar-refractivity contribution is 5.79. The van der Waals surface area contributed by atoms with Crippen LogP contribution in [-0.2, 0) is 19.4 Å². The van der Waals surface area contributed by atoms with Crippen LogP contribution in [0.1, 0.15) is 37.5 Å². The molecule has 0 aliphatic carbocycles. The highest BCUT2D eigenvalue weighted by Gasteiger charge is 2.12. The van der Waals surface area contributed by atoms with Gasteiger partial charge in [-0.05, 0) is 39.6 Å². The van der Waals surface area contributed by atoms with Crippen LogP contribution in [0.15, 0.2) is 42.7 Å². The van der Waals surface area contributed by atoms with Gasteiger partial charge >= 0.3 is 0 Å². The lowest BCUT2D eigenvalue weighted by atomic mass is 10.00. The molecule has 3 heterocycles. The van der Waals surface area contributed by atoms with E-state index in [4.69, 9.17) is 0 Å². The number of H-pyrrole nitrogens is 1. The van der Waals surface area contributed by atoms with Gasteiger partial charge in [0.2, 0.25) is 0 Å². The minimum atomic E-state index is 0.603. The van der Waals surface area contributed by atoms with Crippen molar-refractivity contribution in [2.75, 3.05) is 0 Å². The van der Waals surface area contributed by atoms with E-state index in [1.807, 2.05) is 10.7 Å². The SMILES string of the molecule is CCCc1nc(CC)nn1Cc1ccc(-c2ccncc2-c2nnn[nH]2)cc1. The summed E-state index contributed by atoms with van der Waals surface area (Å²) in [6, 6.07) is 10.4. The molecule has 4 rings (SSSR count). The number of hydrogen-bond donors (Lipinski definition) is 1. The molecule has 0 saturated heterocycles. The lowest BCUT2D eigenvalue weighted by Crippen LogP contribution is -2.07. The number of rotatable bonds is 7. The van der Waals surface area contributed by atoms with Crippen molar-refractivity contribution in [1.29, 1.82) is 0 Å². The van der Waals surface area contributed by atoms with E-state index in [1.54, 1.807) is 12.4 Å². The molecule has 0 aliphatic rings. The number of nitrogens with one attached hydrogen (secondary N) is 1. The Bertz CT molecular complexity index is 1030. The van der Waals surface area contributed by atoms with Gasteiger partial charge in [0.25, 0.3) is 0 Å². The quantitative estimate of drug-likeness (QED) is 0.534. The van der Waals surface area contributed by atoms with E-state index in [1.165, 1.54) is 5.56 Å². The molecule has 0 amide bonds. The van der Waals surface area contributed by atoms with Crippen molar-refractivity contribution in [2.24, 2.45) is 0 Å². The normalized spacial score (nSPS) is 11.1. The molecule has 0 atom stereocenters. The summed E-state index contributed by atoms with van der Waals surface area (Å²) in [5, 5.41) is 18.8. The fraction of sp³-hybridized carbons (Fsp3) is 0.300. The number of aromatic nitrogens is 8. The summed E-state index contributed by atoms with van der Waals surface area (Å²) < 4.78 is 2.02. The van der Waals surface area contributed by atoms with Crippen LogP contribution in [0.2, 0.25) is 0 Å². The van der Waals surface area contributed by atoms with Gasteiger partial charge in [0.15, 0.2) is 11.6 Å². The molecule has 0 spiro atoms. The highest BCUT2D eigenvalue weighted by atomic mass is 15.5. The van der Waals surface area contributed by atoms with E-state index >= 15 is 0 Å². The smallest absolute Gasteiger partial charge is 0.181 e. The van der Waals surface area contributed by atoms with Gasteiger partial charge in [0.05, 0.1) is 6.54 Å². The predicted octanol–water partition coefficient (Wildman–Crippen LogP) is 3.08. The number of tetrazole rings is 1. The zero-order valence-corrected chi connectivity index (χ0v) is 16.0. The second-order valence-electron chi connectivity index (χ2n) is 6.57. The molecule has 0 unspecified atom stereocenters. The molecule has 0 bridgehead atoms. The minimum Gasteiger partial charge on any atom is -0.264 e. The van der Waals surface area contributed by atoms with E-state index in [0.29, 0.717) is 5.82 Å². The fourth-order valence-electron chi connectivity index (χ4n) is 3.18. The largest absolute Gasteiger partial charge is 0.264 e. The summed E-state index contributed by atoms with van der Waals surface area (Å²) in [6.07, 6.45) is 6.39. The lowest BCUT2D eigenvalue weighted by molar-refractivity contribution is 0.625.